The number of halogens is 2. The number of morpholine rings is 1. The molecule has 4 bridgehead atoms. The molecule has 3 aliphatic carbocycles. The SMILES string of the molecule is C[C@@H]1[C@@H](C)S(=O)(=O)NC(=O)c2ccc3c(c2)N(C[C@@H]2CC[C@H]2[C@](O)(CN2CCN4CCOC[C@H]4C2)C2=C[C@H]1C2)C[C@@]1(CCCc2c1ccc(Cl)c2F)CO3. The largest absolute Gasteiger partial charge is 0.490 e. The summed E-state index contributed by atoms with van der Waals surface area (Å²) in [5.74, 6) is -0.614. The number of piperazine rings is 1. The molecule has 1 spiro atoms. The molecule has 8 aliphatic rings. The average Bonchev–Trinajstić information content (AvgIpc) is 3.26. The van der Waals surface area contributed by atoms with E-state index in [1.807, 2.05) is 13.0 Å². The van der Waals surface area contributed by atoms with Crippen LogP contribution >= 0.6 is 11.6 Å². The zero-order valence-corrected chi connectivity index (χ0v) is 32.8. The van der Waals surface area contributed by atoms with Crippen LogP contribution in [0, 0.1) is 29.5 Å². The van der Waals surface area contributed by atoms with Crippen molar-refractivity contribution in [2.24, 2.45) is 23.7 Å². The van der Waals surface area contributed by atoms with Crippen LogP contribution in [0.5, 0.6) is 5.75 Å². The molecule has 10 rings (SSSR count). The summed E-state index contributed by atoms with van der Waals surface area (Å²) in [6.07, 6.45) is 6.75. The topological polar surface area (TPSA) is 112 Å². The minimum Gasteiger partial charge on any atom is -0.490 e. The fraction of sp³-hybridized carbons (Fsp3) is 0.634. The minimum absolute atomic E-state index is 0.0142. The van der Waals surface area contributed by atoms with Crippen molar-refractivity contribution < 1.29 is 32.2 Å². The maximum absolute atomic E-state index is 15.6. The summed E-state index contributed by atoms with van der Waals surface area (Å²) in [7, 11) is -4.03. The number of allylic oxidation sites excluding steroid dienone is 1. The van der Waals surface area contributed by atoms with Crippen LogP contribution in [-0.2, 0) is 26.6 Å². The van der Waals surface area contributed by atoms with Gasteiger partial charge in [-0.05, 0) is 110 Å². The second kappa shape index (κ2) is 13.7. The van der Waals surface area contributed by atoms with Crippen molar-refractivity contribution in [1.29, 1.82) is 0 Å². The van der Waals surface area contributed by atoms with Gasteiger partial charge in [-0.3, -0.25) is 14.6 Å². The molecule has 5 aliphatic heterocycles. The predicted octanol–water partition coefficient (Wildman–Crippen LogP) is 4.77. The van der Waals surface area contributed by atoms with E-state index in [1.54, 1.807) is 31.2 Å². The Morgan fingerprint density at radius 1 is 1.11 bits per heavy atom. The molecule has 8 atom stereocenters. The Kier molecular flexibility index (Phi) is 9.37. The molecular formula is C41H52ClFN4O6S. The number of anilines is 1. The third kappa shape index (κ3) is 6.18. The summed E-state index contributed by atoms with van der Waals surface area (Å²) in [6.45, 7) is 10.6. The van der Waals surface area contributed by atoms with Gasteiger partial charge in [-0.2, -0.15) is 0 Å². The molecule has 0 radical (unpaired) electrons. The van der Waals surface area contributed by atoms with E-state index in [4.69, 9.17) is 21.1 Å². The highest BCUT2D eigenvalue weighted by Crippen LogP contribution is 2.53. The molecule has 292 valence electrons. The molecule has 1 amide bonds. The molecule has 1 saturated carbocycles. The van der Waals surface area contributed by atoms with Crippen LogP contribution in [-0.4, -0.2) is 112 Å². The predicted molar refractivity (Wildman–Crippen MR) is 205 cm³/mol. The molecule has 54 heavy (non-hydrogen) atoms. The van der Waals surface area contributed by atoms with Gasteiger partial charge in [0.25, 0.3) is 5.91 Å². The average molecular weight is 783 g/mol. The van der Waals surface area contributed by atoms with Crippen LogP contribution in [0.4, 0.5) is 10.1 Å². The lowest BCUT2D eigenvalue weighted by Crippen LogP contribution is -2.63. The molecule has 10 nitrogen and oxygen atoms in total. The van der Waals surface area contributed by atoms with Gasteiger partial charge in [0.1, 0.15) is 17.2 Å². The lowest BCUT2D eigenvalue weighted by atomic mass is 9.58. The number of benzene rings is 2. The first kappa shape index (κ1) is 36.9. The molecule has 0 aromatic heterocycles. The zero-order valence-electron chi connectivity index (χ0n) is 31.2. The van der Waals surface area contributed by atoms with Crippen molar-refractivity contribution in [2.75, 3.05) is 70.5 Å². The highest BCUT2D eigenvalue weighted by molar-refractivity contribution is 7.90. The normalized spacial score (nSPS) is 36.6. The molecular weight excluding hydrogens is 731 g/mol. The van der Waals surface area contributed by atoms with Crippen LogP contribution in [0.25, 0.3) is 0 Å². The van der Waals surface area contributed by atoms with E-state index < -0.39 is 32.2 Å². The Morgan fingerprint density at radius 2 is 1.94 bits per heavy atom. The molecule has 2 aromatic rings. The second-order valence-corrected chi connectivity index (χ2v) is 19.8. The molecule has 2 saturated heterocycles. The fourth-order valence-corrected chi connectivity index (χ4v) is 12.3. The standard InChI is InChI=1S/C41H52ClFN4O6S/c1-25-26(2)54(50,51)44-39(48)27-6-10-37-36(18-27)47(22-40(24-53-37)11-3-4-32-34(40)8-9-35(42)38(32)43)19-28-5-7-33(28)41(49,30-16-29(25)17-30)23-45-12-13-46-14-15-52-21-31(46)20-45/h6,8-10,16,18,25-26,28-29,31,33,49H,3-5,7,11-15,17,19-24H2,1-2H3,(H,44,48)/t25-,26-,28+,29+,31-,33-,40+,41+/m1/s1. The van der Waals surface area contributed by atoms with Crippen molar-refractivity contribution in [2.45, 2.75) is 74.7 Å². The van der Waals surface area contributed by atoms with E-state index in [9.17, 15) is 18.3 Å². The Labute approximate surface area is 323 Å². The van der Waals surface area contributed by atoms with Crippen LogP contribution in [0.2, 0.25) is 5.02 Å². The number of carbonyl (C=O) groups excluding carboxylic acids is 1. The van der Waals surface area contributed by atoms with Gasteiger partial charge in [0.2, 0.25) is 10.0 Å². The number of hydrogen-bond acceptors (Lipinski definition) is 9. The van der Waals surface area contributed by atoms with E-state index >= 15 is 4.39 Å². The van der Waals surface area contributed by atoms with Crippen molar-refractivity contribution in [1.82, 2.24) is 14.5 Å². The first-order valence-corrected chi connectivity index (χ1v) is 21.8. The number of carbonyl (C=O) groups is 1. The molecule has 2 aromatic carbocycles. The minimum atomic E-state index is -4.03. The van der Waals surface area contributed by atoms with Gasteiger partial charge in [0, 0.05) is 62.8 Å². The van der Waals surface area contributed by atoms with Crippen molar-refractivity contribution in [3.63, 3.8) is 0 Å². The molecule has 2 N–H and O–H groups in total. The van der Waals surface area contributed by atoms with Crippen LogP contribution in [0.1, 0.15) is 67.4 Å². The summed E-state index contributed by atoms with van der Waals surface area (Å²) < 4.78 is 57.8. The summed E-state index contributed by atoms with van der Waals surface area (Å²) in [4.78, 5) is 20.9. The van der Waals surface area contributed by atoms with E-state index in [-0.39, 0.29) is 40.1 Å². The Balaban J connectivity index is 1.11. The first-order valence-electron chi connectivity index (χ1n) is 19.9. The lowest BCUT2D eigenvalue weighted by Gasteiger charge is -2.55. The van der Waals surface area contributed by atoms with E-state index in [0.717, 1.165) is 69.6 Å². The van der Waals surface area contributed by atoms with E-state index in [1.165, 1.54) is 0 Å². The highest BCUT2D eigenvalue weighted by atomic mass is 35.5. The molecule has 13 heteroatoms. The number of aliphatic hydroxyl groups is 1. The maximum Gasteiger partial charge on any atom is 0.264 e. The maximum atomic E-state index is 15.6. The summed E-state index contributed by atoms with van der Waals surface area (Å²) in [5.41, 5.74) is 1.86. The Bertz CT molecular complexity index is 1980. The molecule has 0 unspecified atom stereocenters. The number of sulfonamides is 1. The molecule has 3 fully saturated rings. The number of β-amino-alcohol motifs (C(OH)–C–C–N with tert-alkyl or cyclic N) is 1. The van der Waals surface area contributed by atoms with E-state index in [0.29, 0.717) is 68.7 Å². The zero-order chi connectivity index (χ0) is 37.6. The highest BCUT2D eigenvalue weighted by Gasteiger charge is 2.54. The number of fused-ring (bicyclic) bond motifs is 7. The number of hydrogen-bond donors (Lipinski definition) is 2. The van der Waals surface area contributed by atoms with Gasteiger partial charge in [0.05, 0.1) is 35.8 Å². The fourth-order valence-electron chi connectivity index (χ4n) is 10.8. The van der Waals surface area contributed by atoms with Gasteiger partial charge >= 0.3 is 0 Å². The van der Waals surface area contributed by atoms with Gasteiger partial charge in [-0.1, -0.05) is 30.7 Å². The van der Waals surface area contributed by atoms with Crippen LogP contribution in [0.15, 0.2) is 42.0 Å². The Hall–Kier alpha value is -2.74. The van der Waals surface area contributed by atoms with Crippen molar-refractivity contribution in [3.05, 3.63) is 69.5 Å². The quantitative estimate of drug-likeness (QED) is 0.417. The summed E-state index contributed by atoms with van der Waals surface area (Å²) in [5, 5.41) is 12.4. The number of rotatable bonds is 2. The first-order chi connectivity index (χ1) is 25.8. The smallest absolute Gasteiger partial charge is 0.264 e. The van der Waals surface area contributed by atoms with Crippen molar-refractivity contribution in [3.8, 4) is 5.75 Å². The lowest BCUT2D eigenvalue weighted by molar-refractivity contribution is -0.0998. The number of nitrogens with one attached hydrogen (secondary N) is 1. The molecule has 5 heterocycles. The second-order valence-electron chi connectivity index (χ2n) is 17.3. The van der Waals surface area contributed by atoms with Gasteiger partial charge < -0.3 is 19.5 Å². The Morgan fingerprint density at radius 3 is 2.74 bits per heavy atom. The monoisotopic (exact) mass is 782 g/mol. The third-order valence-corrected chi connectivity index (χ3v) is 16.6. The number of amides is 1. The van der Waals surface area contributed by atoms with Gasteiger partial charge in [-0.25, -0.2) is 17.5 Å². The van der Waals surface area contributed by atoms with Crippen LogP contribution < -0.4 is 14.4 Å². The van der Waals surface area contributed by atoms with Crippen LogP contribution in [0.3, 0.4) is 0 Å². The van der Waals surface area contributed by atoms with Crippen molar-refractivity contribution >= 4 is 33.2 Å². The van der Waals surface area contributed by atoms with Gasteiger partial charge in [-0.15, -0.1) is 0 Å². The summed E-state index contributed by atoms with van der Waals surface area (Å²) in [6, 6.07) is 9.02. The number of ether oxygens (including phenoxy) is 2. The number of nitrogens with zero attached hydrogens (tertiary/aromatic N) is 3. The third-order valence-electron chi connectivity index (χ3n) is 14.4. The summed E-state index contributed by atoms with van der Waals surface area (Å²) >= 11 is 6.29. The van der Waals surface area contributed by atoms with Gasteiger partial charge in [0.15, 0.2) is 0 Å². The van der Waals surface area contributed by atoms with E-state index in [2.05, 4.69) is 25.5 Å².